The number of nitrogens with zero attached hydrogens (tertiary/aromatic N) is 2. The van der Waals surface area contributed by atoms with E-state index in [9.17, 15) is 31.5 Å². The van der Waals surface area contributed by atoms with Gasteiger partial charge >= 0.3 is 18.1 Å². The van der Waals surface area contributed by atoms with Gasteiger partial charge in [-0.15, -0.1) is 0 Å². The van der Waals surface area contributed by atoms with E-state index in [1.54, 1.807) is 0 Å². The van der Waals surface area contributed by atoms with Crippen LogP contribution >= 0.6 is 0 Å². The number of hydrogen-bond acceptors (Lipinski definition) is 7. The minimum absolute atomic E-state index is 0.213. The molecule has 0 unspecified atom stereocenters. The van der Waals surface area contributed by atoms with Crippen molar-refractivity contribution in [2.75, 3.05) is 50.0 Å². The topological polar surface area (TPSA) is 145 Å². The molecule has 0 aromatic heterocycles. The molecular weight excluding hydrogens is 437 g/mol. The predicted octanol–water partition coefficient (Wildman–Crippen LogP) is 0.822. The van der Waals surface area contributed by atoms with E-state index in [0.717, 1.165) is 29.7 Å². The van der Waals surface area contributed by atoms with E-state index in [1.807, 2.05) is 0 Å². The Hall–Kier alpha value is -2.58. The smallest absolute Gasteiger partial charge is 0.490 e. The molecule has 1 aromatic rings. The monoisotopic (exact) mass is 458 g/mol. The van der Waals surface area contributed by atoms with Crippen molar-refractivity contribution < 1.29 is 51.2 Å². The molecule has 170 valence electrons. The Morgan fingerprint density at radius 2 is 1.73 bits per heavy atom. The van der Waals surface area contributed by atoms with Crippen molar-refractivity contribution in [3.8, 4) is 5.75 Å². The summed E-state index contributed by atoms with van der Waals surface area (Å²) in [7, 11) is -3.55. The number of morpholine rings is 1. The molecule has 30 heavy (non-hydrogen) atoms. The minimum atomic E-state index is -5.08. The maximum atomic E-state index is 12.0. The van der Waals surface area contributed by atoms with Gasteiger partial charge in [-0.05, 0) is 12.1 Å². The summed E-state index contributed by atoms with van der Waals surface area (Å²) >= 11 is 0. The largest absolute Gasteiger partial charge is 0.507 e. The van der Waals surface area contributed by atoms with Gasteiger partial charge in [0, 0.05) is 32.2 Å². The Balaban J connectivity index is 0.000000553. The molecule has 0 saturated carbocycles. The van der Waals surface area contributed by atoms with Crippen LogP contribution in [0.4, 0.5) is 18.9 Å². The minimum Gasteiger partial charge on any atom is -0.507 e. The van der Waals surface area contributed by atoms with E-state index in [0.29, 0.717) is 19.8 Å². The Morgan fingerprint density at radius 1 is 1.20 bits per heavy atom. The van der Waals surface area contributed by atoms with Gasteiger partial charge in [0.15, 0.2) is 0 Å². The molecule has 1 fully saturated rings. The van der Waals surface area contributed by atoms with Crippen molar-refractivity contribution in [2.24, 2.45) is 0 Å². The standard InChI is InChI=1S/C14H20N2O6S.C2HF3O2/c1-23(20,21)16(5-4-15-6-8-22-9-7-15)11-2-3-12(14(18)19)13(17)10-11;3-2(4,5)1(6)7/h2-3,10,17H,4-9H2,1H3,(H,18,19);(H,6,7). The van der Waals surface area contributed by atoms with Gasteiger partial charge in [0.05, 0.1) is 25.2 Å². The Labute approximate surface area is 170 Å². The summed E-state index contributed by atoms with van der Waals surface area (Å²) in [5.41, 5.74) is -0.0290. The lowest BCUT2D eigenvalue weighted by Gasteiger charge is -2.30. The number of aromatic carboxylic acids is 1. The Kier molecular flexibility index (Phi) is 8.87. The SMILES string of the molecule is CS(=O)(=O)N(CCN1CCOCC1)c1ccc(C(=O)O)c(O)c1.O=C(O)C(F)(F)F. The van der Waals surface area contributed by atoms with Crippen molar-refractivity contribution >= 4 is 27.6 Å². The fourth-order valence-electron chi connectivity index (χ4n) is 2.40. The zero-order valence-corrected chi connectivity index (χ0v) is 16.6. The summed E-state index contributed by atoms with van der Waals surface area (Å²) in [6, 6.07) is 3.73. The number of carbonyl (C=O) groups is 2. The van der Waals surface area contributed by atoms with Crippen molar-refractivity contribution in [1.82, 2.24) is 4.90 Å². The van der Waals surface area contributed by atoms with Gasteiger partial charge in [-0.2, -0.15) is 13.2 Å². The Bertz CT molecular complexity index is 855. The van der Waals surface area contributed by atoms with Gasteiger partial charge in [0.2, 0.25) is 10.0 Å². The van der Waals surface area contributed by atoms with E-state index < -0.39 is 33.9 Å². The highest BCUT2D eigenvalue weighted by Gasteiger charge is 2.38. The molecule has 1 heterocycles. The molecule has 0 bridgehead atoms. The quantitative estimate of drug-likeness (QED) is 0.564. The number of anilines is 1. The molecule has 0 aliphatic carbocycles. The third-order valence-electron chi connectivity index (χ3n) is 3.87. The van der Waals surface area contributed by atoms with Crippen LogP contribution in [0.3, 0.4) is 0 Å². The summed E-state index contributed by atoms with van der Waals surface area (Å²) in [4.78, 5) is 21.9. The van der Waals surface area contributed by atoms with Crippen LogP contribution in [0.5, 0.6) is 5.75 Å². The molecule has 1 saturated heterocycles. The van der Waals surface area contributed by atoms with Crippen molar-refractivity contribution in [3.05, 3.63) is 23.8 Å². The second-order valence-electron chi connectivity index (χ2n) is 6.10. The highest BCUT2D eigenvalue weighted by Crippen LogP contribution is 2.26. The van der Waals surface area contributed by atoms with E-state index in [-0.39, 0.29) is 17.8 Å². The number of aromatic hydroxyl groups is 1. The van der Waals surface area contributed by atoms with E-state index in [1.165, 1.54) is 12.1 Å². The number of ether oxygens (including phenoxy) is 1. The van der Waals surface area contributed by atoms with Gasteiger partial charge < -0.3 is 20.1 Å². The van der Waals surface area contributed by atoms with Gasteiger partial charge in [-0.1, -0.05) is 0 Å². The second kappa shape index (κ2) is 10.4. The molecule has 2 rings (SSSR count). The summed E-state index contributed by atoms with van der Waals surface area (Å²) in [5.74, 6) is -4.49. The number of hydrogen-bond donors (Lipinski definition) is 3. The van der Waals surface area contributed by atoms with E-state index in [4.69, 9.17) is 19.7 Å². The van der Waals surface area contributed by atoms with Crippen LogP contribution in [0.15, 0.2) is 18.2 Å². The van der Waals surface area contributed by atoms with Crippen LogP contribution in [-0.4, -0.2) is 92.4 Å². The van der Waals surface area contributed by atoms with Crippen LogP contribution in [0.1, 0.15) is 10.4 Å². The maximum absolute atomic E-state index is 12.0. The van der Waals surface area contributed by atoms with Crippen LogP contribution < -0.4 is 4.31 Å². The fourth-order valence-corrected chi connectivity index (χ4v) is 3.31. The average Bonchev–Trinajstić information content (AvgIpc) is 2.61. The summed E-state index contributed by atoms with van der Waals surface area (Å²) in [6.07, 6.45) is -4.01. The van der Waals surface area contributed by atoms with Gasteiger partial charge in [-0.25, -0.2) is 18.0 Å². The van der Waals surface area contributed by atoms with Gasteiger partial charge in [-0.3, -0.25) is 9.21 Å². The van der Waals surface area contributed by atoms with E-state index in [2.05, 4.69) is 4.90 Å². The lowest BCUT2D eigenvalue weighted by Crippen LogP contribution is -2.43. The lowest BCUT2D eigenvalue weighted by molar-refractivity contribution is -0.192. The molecule has 1 aromatic carbocycles. The second-order valence-corrected chi connectivity index (χ2v) is 8.01. The van der Waals surface area contributed by atoms with Gasteiger partial charge in [0.1, 0.15) is 11.3 Å². The van der Waals surface area contributed by atoms with Crippen LogP contribution in [0, 0.1) is 0 Å². The first-order valence-corrected chi connectivity index (χ1v) is 10.2. The molecule has 0 spiro atoms. The molecule has 1 aliphatic heterocycles. The number of carboxylic acid groups (broad SMARTS) is 2. The first-order valence-electron chi connectivity index (χ1n) is 8.37. The first-order chi connectivity index (χ1) is 13.7. The maximum Gasteiger partial charge on any atom is 0.490 e. The molecular formula is C16H21F3N2O8S. The number of aliphatic carboxylic acids is 1. The van der Waals surface area contributed by atoms with Crippen molar-refractivity contribution in [2.45, 2.75) is 6.18 Å². The first kappa shape index (κ1) is 25.5. The zero-order valence-electron chi connectivity index (χ0n) is 15.8. The zero-order chi connectivity index (χ0) is 23.1. The number of rotatable bonds is 6. The number of benzene rings is 1. The molecule has 0 amide bonds. The highest BCUT2D eigenvalue weighted by atomic mass is 32.2. The number of halogens is 3. The summed E-state index contributed by atoms with van der Waals surface area (Å²) in [6.45, 7) is 3.45. The number of alkyl halides is 3. The molecule has 1 aliphatic rings. The highest BCUT2D eigenvalue weighted by molar-refractivity contribution is 7.92. The fraction of sp³-hybridized carbons (Fsp3) is 0.500. The lowest BCUT2D eigenvalue weighted by atomic mass is 10.2. The van der Waals surface area contributed by atoms with Crippen molar-refractivity contribution in [1.29, 1.82) is 0 Å². The third-order valence-corrected chi connectivity index (χ3v) is 5.06. The normalized spacial score (nSPS) is 15.1. The Morgan fingerprint density at radius 3 is 2.13 bits per heavy atom. The summed E-state index contributed by atoms with van der Waals surface area (Å²) in [5, 5.41) is 25.8. The number of sulfonamides is 1. The molecule has 10 nitrogen and oxygen atoms in total. The van der Waals surface area contributed by atoms with Crippen LogP contribution in [-0.2, 0) is 19.6 Å². The third kappa shape index (κ3) is 8.04. The van der Waals surface area contributed by atoms with Crippen LogP contribution in [0.25, 0.3) is 0 Å². The molecule has 3 N–H and O–H groups in total. The van der Waals surface area contributed by atoms with Crippen LogP contribution in [0.2, 0.25) is 0 Å². The average molecular weight is 458 g/mol. The molecule has 0 atom stereocenters. The number of carboxylic acids is 2. The van der Waals surface area contributed by atoms with Gasteiger partial charge in [0.25, 0.3) is 0 Å². The van der Waals surface area contributed by atoms with Crippen molar-refractivity contribution in [3.63, 3.8) is 0 Å². The molecule has 14 heteroatoms. The summed E-state index contributed by atoms with van der Waals surface area (Å²) < 4.78 is 62.2. The number of phenols is 1. The predicted molar refractivity (Wildman–Crippen MR) is 98.2 cm³/mol. The van der Waals surface area contributed by atoms with E-state index >= 15 is 0 Å². The molecule has 0 radical (unpaired) electrons.